The molecule has 0 saturated carbocycles. The van der Waals surface area contributed by atoms with Crippen molar-refractivity contribution in [3.05, 3.63) is 89.1 Å². The monoisotopic (exact) mass is 439 g/mol. The Labute approximate surface area is 195 Å². The smallest absolute Gasteiger partial charge is 0.255 e. The van der Waals surface area contributed by atoms with E-state index in [4.69, 9.17) is 5.26 Å². The molecule has 6 heteroatoms. The summed E-state index contributed by atoms with van der Waals surface area (Å²) in [6, 6.07) is 21.9. The van der Waals surface area contributed by atoms with E-state index in [1.54, 1.807) is 6.20 Å². The van der Waals surface area contributed by atoms with E-state index in [-0.39, 0.29) is 5.91 Å². The van der Waals surface area contributed by atoms with Gasteiger partial charge in [-0.3, -0.25) is 9.69 Å². The van der Waals surface area contributed by atoms with Crippen molar-refractivity contribution in [1.29, 1.82) is 5.26 Å². The molecule has 0 atom stereocenters. The summed E-state index contributed by atoms with van der Waals surface area (Å²) < 4.78 is 0. The standard InChI is InChI=1S/C27H29N5O/c1-20-4-3-5-23(16-20)27(33)30-24-10-13-29-26(17-24)32-14-11-25(12-15-32)31(2)19-22-8-6-21(18-28)7-9-22/h3-10,13,16-17,25H,11-12,14-15,19H2,1-2H3,(H,29,30,33). The van der Waals surface area contributed by atoms with E-state index in [9.17, 15) is 4.79 Å². The maximum absolute atomic E-state index is 12.6. The summed E-state index contributed by atoms with van der Waals surface area (Å²) in [7, 11) is 2.16. The number of pyridine rings is 1. The third-order valence-electron chi connectivity index (χ3n) is 6.21. The number of nitrogens with one attached hydrogen (secondary N) is 1. The minimum atomic E-state index is -0.112. The Morgan fingerprint density at radius 3 is 2.61 bits per heavy atom. The van der Waals surface area contributed by atoms with Crippen LogP contribution in [-0.4, -0.2) is 42.0 Å². The molecule has 1 aliphatic heterocycles. The molecular formula is C27H29N5O. The van der Waals surface area contributed by atoms with Crippen LogP contribution in [0.3, 0.4) is 0 Å². The second kappa shape index (κ2) is 10.3. The van der Waals surface area contributed by atoms with E-state index in [0.29, 0.717) is 17.2 Å². The lowest BCUT2D eigenvalue weighted by molar-refractivity contribution is 0.102. The molecule has 33 heavy (non-hydrogen) atoms. The van der Waals surface area contributed by atoms with Crippen LogP contribution in [0.2, 0.25) is 0 Å². The largest absolute Gasteiger partial charge is 0.356 e. The van der Waals surface area contributed by atoms with Crippen LogP contribution >= 0.6 is 0 Å². The molecule has 6 nitrogen and oxygen atoms in total. The average Bonchev–Trinajstić information content (AvgIpc) is 2.85. The van der Waals surface area contributed by atoms with Crippen molar-refractivity contribution in [2.45, 2.75) is 32.4 Å². The molecule has 0 aliphatic carbocycles. The molecule has 2 aromatic carbocycles. The zero-order chi connectivity index (χ0) is 23.2. The van der Waals surface area contributed by atoms with E-state index < -0.39 is 0 Å². The van der Waals surface area contributed by atoms with Crippen LogP contribution in [0.1, 0.15) is 39.9 Å². The van der Waals surface area contributed by atoms with Gasteiger partial charge in [-0.25, -0.2) is 4.98 Å². The van der Waals surface area contributed by atoms with Gasteiger partial charge in [-0.1, -0.05) is 29.8 Å². The number of nitrogens with zero attached hydrogens (tertiary/aromatic N) is 4. The molecule has 0 bridgehead atoms. The number of rotatable bonds is 6. The first kappa shape index (κ1) is 22.5. The van der Waals surface area contributed by atoms with Crippen LogP contribution in [0.25, 0.3) is 0 Å². The van der Waals surface area contributed by atoms with Gasteiger partial charge in [0.05, 0.1) is 11.6 Å². The van der Waals surface area contributed by atoms with E-state index in [1.807, 2.05) is 67.6 Å². The summed E-state index contributed by atoms with van der Waals surface area (Å²) in [4.78, 5) is 21.8. The predicted molar refractivity (Wildman–Crippen MR) is 131 cm³/mol. The van der Waals surface area contributed by atoms with Crippen LogP contribution in [0.15, 0.2) is 66.9 Å². The highest BCUT2D eigenvalue weighted by Gasteiger charge is 2.23. The number of carbonyl (C=O) groups excluding carboxylic acids is 1. The molecule has 1 fully saturated rings. The van der Waals surface area contributed by atoms with E-state index in [1.165, 1.54) is 5.56 Å². The van der Waals surface area contributed by atoms with Crippen LogP contribution in [0, 0.1) is 18.3 Å². The Kier molecular flexibility index (Phi) is 7.01. The third kappa shape index (κ3) is 5.76. The van der Waals surface area contributed by atoms with Crippen LogP contribution in [0.5, 0.6) is 0 Å². The SMILES string of the molecule is Cc1cccc(C(=O)Nc2ccnc(N3CCC(N(C)Cc4ccc(C#N)cc4)CC3)c2)c1. The minimum absolute atomic E-state index is 0.112. The second-order valence-corrected chi connectivity index (χ2v) is 8.67. The molecule has 1 aliphatic rings. The summed E-state index contributed by atoms with van der Waals surface area (Å²) in [5, 5.41) is 12.0. The minimum Gasteiger partial charge on any atom is -0.356 e. The average molecular weight is 440 g/mol. The summed E-state index contributed by atoms with van der Waals surface area (Å²) in [5.41, 5.74) is 4.38. The zero-order valence-electron chi connectivity index (χ0n) is 19.2. The second-order valence-electron chi connectivity index (χ2n) is 8.67. The van der Waals surface area contributed by atoms with Gasteiger partial charge in [-0.2, -0.15) is 5.26 Å². The van der Waals surface area contributed by atoms with Crippen LogP contribution in [-0.2, 0) is 6.54 Å². The van der Waals surface area contributed by atoms with E-state index in [2.05, 4.69) is 33.2 Å². The number of piperidine rings is 1. The normalized spacial score (nSPS) is 14.2. The Balaban J connectivity index is 1.33. The quantitative estimate of drug-likeness (QED) is 0.607. The van der Waals surface area contributed by atoms with E-state index in [0.717, 1.165) is 49.5 Å². The molecule has 2 heterocycles. The summed E-state index contributed by atoms with van der Waals surface area (Å²) in [6.45, 7) is 4.69. The maximum atomic E-state index is 12.6. The molecule has 4 rings (SSSR count). The zero-order valence-corrected chi connectivity index (χ0v) is 19.2. The van der Waals surface area contributed by atoms with E-state index >= 15 is 0 Å². The summed E-state index contributed by atoms with van der Waals surface area (Å²) >= 11 is 0. The lowest BCUT2D eigenvalue weighted by atomic mass is 10.0. The number of hydrogen-bond acceptors (Lipinski definition) is 5. The molecule has 1 N–H and O–H groups in total. The van der Waals surface area contributed by atoms with Crippen molar-refractivity contribution in [3.8, 4) is 6.07 Å². The van der Waals surface area contributed by atoms with Gasteiger partial charge in [-0.05, 0) is 62.7 Å². The molecule has 1 aromatic heterocycles. The number of hydrogen-bond donors (Lipinski definition) is 1. The topological polar surface area (TPSA) is 72.3 Å². The van der Waals surface area contributed by atoms with Gasteiger partial charge in [0.2, 0.25) is 0 Å². The fourth-order valence-electron chi connectivity index (χ4n) is 4.30. The number of nitriles is 1. The van der Waals surface area contributed by atoms with Crippen LogP contribution in [0.4, 0.5) is 11.5 Å². The van der Waals surface area contributed by atoms with Gasteiger partial charge in [-0.15, -0.1) is 0 Å². The number of aromatic nitrogens is 1. The lowest BCUT2D eigenvalue weighted by Gasteiger charge is -2.37. The highest BCUT2D eigenvalue weighted by molar-refractivity contribution is 6.04. The summed E-state index contributed by atoms with van der Waals surface area (Å²) in [6.07, 6.45) is 3.85. The maximum Gasteiger partial charge on any atom is 0.255 e. The van der Waals surface area contributed by atoms with Crippen molar-refractivity contribution in [1.82, 2.24) is 9.88 Å². The fourth-order valence-corrected chi connectivity index (χ4v) is 4.30. The molecular weight excluding hydrogens is 410 g/mol. The van der Waals surface area contributed by atoms with Crippen molar-refractivity contribution in [2.75, 3.05) is 30.4 Å². The first-order chi connectivity index (χ1) is 16.0. The molecule has 0 spiro atoms. The Morgan fingerprint density at radius 2 is 1.91 bits per heavy atom. The Morgan fingerprint density at radius 1 is 1.15 bits per heavy atom. The lowest BCUT2D eigenvalue weighted by Crippen LogP contribution is -2.43. The first-order valence-corrected chi connectivity index (χ1v) is 11.3. The Bertz CT molecular complexity index is 1140. The third-order valence-corrected chi connectivity index (χ3v) is 6.21. The van der Waals surface area contributed by atoms with Gasteiger partial charge in [0.15, 0.2) is 0 Å². The molecule has 0 radical (unpaired) electrons. The first-order valence-electron chi connectivity index (χ1n) is 11.3. The van der Waals surface area contributed by atoms with Crippen molar-refractivity contribution in [3.63, 3.8) is 0 Å². The highest BCUT2D eigenvalue weighted by atomic mass is 16.1. The van der Waals surface area contributed by atoms with Gasteiger partial charge in [0.25, 0.3) is 5.91 Å². The van der Waals surface area contributed by atoms with Gasteiger partial charge >= 0.3 is 0 Å². The molecule has 1 amide bonds. The molecule has 1 saturated heterocycles. The highest BCUT2D eigenvalue weighted by Crippen LogP contribution is 2.24. The summed E-state index contributed by atoms with van der Waals surface area (Å²) in [5.74, 6) is 0.782. The van der Waals surface area contributed by atoms with Crippen molar-refractivity contribution in [2.24, 2.45) is 0 Å². The molecule has 0 unspecified atom stereocenters. The number of anilines is 2. The Hall–Kier alpha value is -3.69. The van der Waals surface area contributed by atoms with Crippen molar-refractivity contribution < 1.29 is 4.79 Å². The number of benzene rings is 2. The van der Waals surface area contributed by atoms with Crippen molar-refractivity contribution >= 4 is 17.4 Å². The van der Waals surface area contributed by atoms with Gasteiger partial charge in [0, 0.05) is 49.2 Å². The number of aryl methyl sites for hydroxylation is 1. The van der Waals surface area contributed by atoms with Gasteiger partial charge < -0.3 is 10.2 Å². The predicted octanol–water partition coefficient (Wildman–Crippen LogP) is 4.61. The molecule has 3 aromatic rings. The molecule has 168 valence electrons. The van der Waals surface area contributed by atoms with Crippen LogP contribution < -0.4 is 10.2 Å². The fraction of sp³-hybridized carbons (Fsp3) is 0.296. The number of carbonyl (C=O) groups is 1. The van der Waals surface area contributed by atoms with Gasteiger partial charge in [0.1, 0.15) is 5.82 Å². The number of amides is 1.